The molecular weight excluding hydrogens is 308 g/mol. The third kappa shape index (κ3) is 3.19. The van der Waals surface area contributed by atoms with Crippen molar-refractivity contribution < 1.29 is 9.53 Å². The maximum absolute atomic E-state index is 12.3. The van der Waals surface area contributed by atoms with Crippen molar-refractivity contribution in [2.75, 3.05) is 18.6 Å². The number of carbonyl (C=O) groups excluding carboxylic acids is 1. The van der Waals surface area contributed by atoms with E-state index in [4.69, 9.17) is 17.0 Å². The lowest BCUT2D eigenvalue weighted by molar-refractivity contribution is -0.124. The van der Waals surface area contributed by atoms with E-state index < -0.39 is 0 Å². The van der Waals surface area contributed by atoms with Crippen molar-refractivity contribution in [2.45, 2.75) is 13.5 Å². The molecule has 3 rings (SSSR count). The summed E-state index contributed by atoms with van der Waals surface area (Å²) in [7, 11) is 1.63. The van der Waals surface area contributed by atoms with Gasteiger partial charge >= 0.3 is 0 Å². The number of carbonyl (C=O) groups is 1. The van der Waals surface area contributed by atoms with Crippen molar-refractivity contribution in [3.63, 3.8) is 0 Å². The molecule has 0 aromatic heterocycles. The first-order chi connectivity index (χ1) is 11.1. The number of nitrogens with zero attached hydrogens (tertiary/aromatic N) is 2. The number of ether oxygens (including phenoxy) is 1. The molecule has 23 heavy (non-hydrogen) atoms. The van der Waals surface area contributed by atoms with Gasteiger partial charge in [-0.25, -0.2) is 0 Å². The van der Waals surface area contributed by atoms with Crippen LogP contribution in [0.1, 0.15) is 11.1 Å². The summed E-state index contributed by atoms with van der Waals surface area (Å²) in [6.45, 7) is 2.80. The Morgan fingerprint density at radius 1 is 1.09 bits per heavy atom. The van der Waals surface area contributed by atoms with Crippen LogP contribution in [0, 0.1) is 6.92 Å². The minimum absolute atomic E-state index is 0.0198. The number of hydrogen-bond donors (Lipinski definition) is 0. The number of amides is 1. The van der Waals surface area contributed by atoms with Gasteiger partial charge in [-0.2, -0.15) is 0 Å². The van der Waals surface area contributed by atoms with E-state index in [1.807, 2.05) is 60.4 Å². The van der Waals surface area contributed by atoms with E-state index in [1.165, 1.54) is 5.56 Å². The molecule has 0 bridgehead atoms. The Kier molecular flexibility index (Phi) is 4.30. The van der Waals surface area contributed by atoms with Gasteiger partial charge in [0.05, 0.1) is 13.7 Å². The topological polar surface area (TPSA) is 32.8 Å². The van der Waals surface area contributed by atoms with Crippen molar-refractivity contribution in [3.05, 3.63) is 59.7 Å². The second-order valence-corrected chi connectivity index (χ2v) is 5.90. The molecule has 1 aliphatic rings. The highest BCUT2D eigenvalue weighted by atomic mass is 32.1. The molecule has 0 N–H and O–H groups in total. The highest BCUT2D eigenvalue weighted by molar-refractivity contribution is 7.80. The van der Waals surface area contributed by atoms with Crippen LogP contribution in [0.3, 0.4) is 0 Å². The fraction of sp³-hybridized carbons (Fsp3) is 0.222. The average Bonchev–Trinajstić information content (AvgIpc) is 2.84. The molecular formula is C18H18N2O2S. The Morgan fingerprint density at radius 3 is 2.35 bits per heavy atom. The van der Waals surface area contributed by atoms with Crippen molar-refractivity contribution in [1.29, 1.82) is 0 Å². The van der Waals surface area contributed by atoms with Crippen LogP contribution in [0.25, 0.3) is 0 Å². The Labute approximate surface area is 141 Å². The largest absolute Gasteiger partial charge is 0.497 e. The van der Waals surface area contributed by atoms with E-state index >= 15 is 0 Å². The molecule has 1 aliphatic heterocycles. The van der Waals surface area contributed by atoms with Crippen molar-refractivity contribution in [1.82, 2.24) is 4.90 Å². The van der Waals surface area contributed by atoms with E-state index in [9.17, 15) is 4.79 Å². The summed E-state index contributed by atoms with van der Waals surface area (Å²) in [5.41, 5.74) is 3.15. The second kappa shape index (κ2) is 6.38. The van der Waals surface area contributed by atoms with Gasteiger partial charge in [-0.15, -0.1) is 0 Å². The highest BCUT2D eigenvalue weighted by Gasteiger charge is 2.33. The quantitative estimate of drug-likeness (QED) is 0.808. The smallest absolute Gasteiger partial charge is 0.249 e. The van der Waals surface area contributed by atoms with E-state index in [-0.39, 0.29) is 12.5 Å². The molecule has 0 spiro atoms. The summed E-state index contributed by atoms with van der Waals surface area (Å²) in [6, 6.07) is 15.7. The fourth-order valence-electron chi connectivity index (χ4n) is 2.54. The lowest BCUT2D eigenvalue weighted by Crippen LogP contribution is -2.32. The van der Waals surface area contributed by atoms with Crippen molar-refractivity contribution in [2.24, 2.45) is 0 Å². The average molecular weight is 326 g/mol. The molecule has 4 nitrogen and oxygen atoms in total. The lowest BCUT2D eigenvalue weighted by atomic mass is 10.2. The lowest BCUT2D eigenvalue weighted by Gasteiger charge is -2.20. The van der Waals surface area contributed by atoms with Crippen LogP contribution in [0.2, 0.25) is 0 Å². The molecule has 2 aromatic carbocycles. The molecule has 118 valence electrons. The Balaban J connectivity index is 1.76. The van der Waals surface area contributed by atoms with Gasteiger partial charge in [-0.05, 0) is 49.0 Å². The molecule has 1 amide bonds. The summed E-state index contributed by atoms with van der Waals surface area (Å²) in [4.78, 5) is 15.9. The second-order valence-electron chi connectivity index (χ2n) is 5.53. The monoisotopic (exact) mass is 326 g/mol. The van der Waals surface area contributed by atoms with Crippen LogP contribution in [0.4, 0.5) is 5.69 Å². The first-order valence-electron chi connectivity index (χ1n) is 7.40. The number of benzene rings is 2. The van der Waals surface area contributed by atoms with Gasteiger partial charge in [0.1, 0.15) is 12.3 Å². The first-order valence-corrected chi connectivity index (χ1v) is 7.81. The maximum Gasteiger partial charge on any atom is 0.249 e. The Morgan fingerprint density at radius 2 is 1.74 bits per heavy atom. The molecule has 1 saturated heterocycles. The minimum Gasteiger partial charge on any atom is -0.497 e. The van der Waals surface area contributed by atoms with Crippen LogP contribution in [-0.4, -0.2) is 29.6 Å². The Hall–Kier alpha value is -2.40. The third-order valence-electron chi connectivity index (χ3n) is 3.90. The van der Waals surface area contributed by atoms with Gasteiger partial charge in [-0.1, -0.05) is 29.8 Å². The summed E-state index contributed by atoms with van der Waals surface area (Å²) >= 11 is 5.51. The first kappa shape index (κ1) is 15.5. The number of anilines is 1. The molecule has 1 heterocycles. The predicted octanol–water partition coefficient (Wildman–Crippen LogP) is 3.14. The summed E-state index contributed by atoms with van der Waals surface area (Å²) in [5, 5.41) is 0.551. The standard InChI is InChI=1S/C18H18N2O2S/c1-13-3-7-15(8-4-13)19-12-17(21)20(18(19)23)11-14-5-9-16(22-2)10-6-14/h3-10H,11-12H2,1-2H3. The Bertz CT molecular complexity index is 726. The zero-order valence-corrected chi connectivity index (χ0v) is 14.0. The van der Waals surface area contributed by atoms with E-state index in [1.54, 1.807) is 12.0 Å². The number of thiocarbonyl (C=S) groups is 1. The van der Waals surface area contributed by atoms with Gasteiger partial charge in [0.15, 0.2) is 5.11 Å². The van der Waals surface area contributed by atoms with E-state index in [2.05, 4.69) is 0 Å². The third-order valence-corrected chi connectivity index (χ3v) is 4.34. The molecule has 0 saturated carbocycles. The molecule has 1 fully saturated rings. The minimum atomic E-state index is 0.0198. The van der Waals surface area contributed by atoms with Crippen LogP contribution in [0.5, 0.6) is 5.75 Å². The zero-order chi connectivity index (χ0) is 16.4. The van der Waals surface area contributed by atoms with Crippen molar-refractivity contribution in [3.8, 4) is 5.75 Å². The van der Waals surface area contributed by atoms with E-state index in [0.29, 0.717) is 11.7 Å². The normalized spacial score (nSPS) is 14.5. The van der Waals surface area contributed by atoms with Gasteiger partial charge in [0, 0.05) is 5.69 Å². The van der Waals surface area contributed by atoms with E-state index in [0.717, 1.165) is 17.0 Å². The SMILES string of the molecule is COc1ccc(CN2C(=O)CN(c3ccc(C)cc3)C2=S)cc1. The van der Waals surface area contributed by atoms with Crippen LogP contribution >= 0.6 is 12.2 Å². The van der Waals surface area contributed by atoms with Crippen LogP contribution < -0.4 is 9.64 Å². The van der Waals surface area contributed by atoms with Gasteiger partial charge in [-0.3, -0.25) is 9.69 Å². The number of aryl methyl sites for hydroxylation is 1. The number of methoxy groups -OCH3 is 1. The molecule has 0 atom stereocenters. The van der Waals surface area contributed by atoms with Gasteiger partial charge in [0.25, 0.3) is 0 Å². The van der Waals surface area contributed by atoms with Gasteiger partial charge in [0.2, 0.25) is 5.91 Å². The van der Waals surface area contributed by atoms with Crippen LogP contribution in [0.15, 0.2) is 48.5 Å². The van der Waals surface area contributed by atoms with Crippen molar-refractivity contribution >= 4 is 28.9 Å². The maximum atomic E-state index is 12.3. The summed E-state index contributed by atoms with van der Waals surface area (Å²) < 4.78 is 5.15. The molecule has 0 unspecified atom stereocenters. The predicted molar refractivity (Wildman–Crippen MR) is 94.7 cm³/mol. The zero-order valence-electron chi connectivity index (χ0n) is 13.2. The molecule has 0 radical (unpaired) electrons. The highest BCUT2D eigenvalue weighted by Crippen LogP contribution is 2.23. The fourth-order valence-corrected chi connectivity index (χ4v) is 2.87. The number of hydrogen-bond acceptors (Lipinski definition) is 3. The van der Waals surface area contributed by atoms with Gasteiger partial charge < -0.3 is 9.64 Å². The molecule has 2 aromatic rings. The van der Waals surface area contributed by atoms with Crippen LogP contribution in [-0.2, 0) is 11.3 Å². The molecule has 5 heteroatoms. The number of rotatable bonds is 4. The summed E-state index contributed by atoms with van der Waals surface area (Å²) in [6.07, 6.45) is 0. The molecule has 0 aliphatic carbocycles. The summed E-state index contributed by atoms with van der Waals surface area (Å²) in [5.74, 6) is 0.816.